The number of amides is 1. The molecule has 0 fully saturated rings. The first-order chi connectivity index (χ1) is 12.1. The number of esters is 1. The van der Waals surface area contributed by atoms with E-state index in [1.54, 1.807) is 23.6 Å². The number of likely N-dealkylation sites (N-methyl/N-ethyl adjacent to an activating group) is 1. The van der Waals surface area contributed by atoms with E-state index in [-0.39, 0.29) is 23.6 Å². The van der Waals surface area contributed by atoms with Crippen molar-refractivity contribution in [2.24, 2.45) is 0 Å². The first kappa shape index (κ1) is 17.1. The number of carbonyl (C=O) groups excluding carboxylic acids is 2. The molecular formula is C18H21N3O4. The molecule has 0 saturated heterocycles. The van der Waals surface area contributed by atoms with Crippen LogP contribution in [0.15, 0.2) is 23.0 Å². The average molecular weight is 343 g/mol. The highest BCUT2D eigenvalue weighted by Gasteiger charge is 2.16. The molecular weight excluding hydrogens is 322 g/mol. The molecule has 3 rings (SSSR count). The summed E-state index contributed by atoms with van der Waals surface area (Å²) in [5.74, 6) is -0.189. The van der Waals surface area contributed by atoms with Crippen LogP contribution in [0.5, 0.6) is 0 Å². The van der Waals surface area contributed by atoms with Gasteiger partial charge in [0.05, 0.1) is 16.5 Å². The fourth-order valence-corrected chi connectivity index (χ4v) is 3.01. The molecule has 132 valence electrons. The number of ether oxygens (including phenoxy) is 1. The second-order valence-electron chi connectivity index (χ2n) is 6.06. The van der Waals surface area contributed by atoms with Crippen LogP contribution in [0, 0.1) is 0 Å². The summed E-state index contributed by atoms with van der Waals surface area (Å²) in [7, 11) is 0. The van der Waals surface area contributed by atoms with Crippen LogP contribution < -0.4 is 10.9 Å². The normalized spacial score (nSPS) is 13.8. The van der Waals surface area contributed by atoms with Crippen LogP contribution in [0.25, 0.3) is 10.9 Å². The molecule has 7 nitrogen and oxygen atoms in total. The molecule has 1 aliphatic heterocycles. The smallest absolute Gasteiger partial charge is 0.338 e. The molecule has 0 aliphatic carbocycles. The largest absolute Gasteiger partial charge is 0.452 e. The maximum Gasteiger partial charge on any atom is 0.338 e. The minimum atomic E-state index is -0.606. The Morgan fingerprint density at radius 2 is 2.12 bits per heavy atom. The van der Waals surface area contributed by atoms with Crippen molar-refractivity contribution >= 4 is 22.8 Å². The van der Waals surface area contributed by atoms with E-state index in [9.17, 15) is 14.4 Å². The zero-order valence-corrected chi connectivity index (χ0v) is 14.2. The standard InChI is InChI=1S/C18H21N3O4/c1-2-19-16(22)11-25-18(24)12-7-8-13-14(10-12)20-15-6-4-3-5-9-21(15)17(13)23/h7-8,10H,2-6,9,11H2,1H3,(H,19,22). The van der Waals surface area contributed by atoms with E-state index in [1.165, 1.54) is 6.07 Å². The number of fused-ring (bicyclic) bond motifs is 2. The maximum absolute atomic E-state index is 12.6. The van der Waals surface area contributed by atoms with Crippen LogP contribution >= 0.6 is 0 Å². The van der Waals surface area contributed by atoms with Crippen molar-refractivity contribution in [3.63, 3.8) is 0 Å². The molecule has 0 atom stereocenters. The van der Waals surface area contributed by atoms with Gasteiger partial charge in [0.15, 0.2) is 6.61 Å². The summed E-state index contributed by atoms with van der Waals surface area (Å²) in [6.07, 6.45) is 3.82. The number of hydrogen-bond donors (Lipinski definition) is 1. The highest BCUT2D eigenvalue weighted by atomic mass is 16.5. The van der Waals surface area contributed by atoms with Crippen molar-refractivity contribution in [2.45, 2.75) is 39.2 Å². The summed E-state index contributed by atoms with van der Waals surface area (Å²) in [5, 5.41) is 3.05. The van der Waals surface area contributed by atoms with Gasteiger partial charge in [-0.05, 0) is 38.0 Å². The van der Waals surface area contributed by atoms with Crippen LogP contribution in [-0.2, 0) is 22.5 Å². The van der Waals surface area contributed by atoms with Crippen LogP contribution in [0.4, 0.5) is 0 Å². The third kappa shape index (κ3) is 3.70. The summed E-state index contributed by atoms with van der Waals surface area (Å²) in [6.45, 7) is 2.62. The van der Waals surface area contributed by atoms with E-state index < -0.39 is 5.97 Å². The minimum Gasteiger partial charge on any atom is -0.452 e. The molecule has 0 saturated carbocycles. The van der Waals surface area contributed by atoms with Gasteiger partial charge >= 0.3 is 5.97 Å². The van der Waals surface area contributed by atoms with Crippen LogP contribution in [0.2, 0.25) is 0 Å². The Bertz CT molecular complexity index is 872. The van der Waals surface area contributed by atoms with Gasteiger partial charge in [-0.3, -0.25) is 14.2 Å². The van der Waals surface area contributed by atoms with Crippen molar-refractivity contribution in [1.82, 2.24) is 14.9 Å². The molecule has 1 amide bonds. The van der Waals surface area contributed by atoms with Gasteiger partial charge < -0.3 is 10.1 Å². The highest BCUT2D eigenvalue weighted by Crippen LogP contribution is 2.16. The lowest BCUT2D eigenvalue weighted by molar-refractivity contribution is -0.124. The third-order valence-electron chi connectivity index (χ3n) is 4.26. The molecule has 0 radical (unpaired) electrons. The number of carbonyl (C=O) groups is 2. The predicted octanol–water partition coefficient (Wildman–Crippen LogP) is 1.42. The SMILES string of the molecule is CCNC(=O)COC(=O)c1ccc2c(=O)n3c(nc2c1)CCCCC3. The Labute approximate surface area is 145 Å². The van der Waals surface area contributed by atoms with Gasteiger partial charge in [0.25, 0.3) is 11.5 Å². The molecule has 0 unspecified atom stereocenters. The lowest BCUT2D eigenvalue weighted by Gasteiger charge is -2.11. The van der Waals surface area contributed by atoms with Crippen molar-refractivity contribution < 1.29 is 14.3 Å². The van der Waals surface area contributed by atoms with Crippen LogP contribution in [0.3, 0.4) is 0 Å². The average Bonchev–Trinajstić information content (AvgIpc) is 2.85. The lowest BCUT2D eigenvalue weighted by atomic mass is 10.1. The first-order valence-corrected chi connectivity index (χ1v) is 8.57. The fraction of sp³-hybridized carbons (Fsp3) is 0.444. The molecule has 1 N–H and O–H groups in total. The number of aromatic nitrogens is 2. The van der Waals surface area contributed by atoms with Crippen molar-refractivity contribution in [3.8, 4) is 0 Å². The summed E-state index contributed by atoms with van der Waals surface area (Å²) < 4.78 is 6.73. The van der Waals surface area contributed by atoms with Crippen LogP contribution in [-0.4, -0.2) is 34.6 Å². The number of rotatable bonds is 4. The van der Waals surface area contributed by atoms with E-state index in [4.69, 9.17) is 4.74 Å². The summed E-state index contributed by atoms with van der Waals surface area (Å²) in [5.41, 5.74) is 0.706. The molecule has 1 aliphatic rings. The molecule has 0 spiro atoms. The Kier molecular flexibility index (Phi) is 5.11. The lowest BCUT2D eigenvalue weighted by Crippen LogP contribution is -2.28. The Morgan fingerprint density at radius 3 is 2.92 bits per heavy atom. The number of benzene rings is 1. The molecule has 1 aromatic carbocycles. The van der Waals surface area contributed by atoms with Gasteiger partial charge in [0.1, 0.15) is 5.82 Å². The summed E-state index contributed by atoms with van der Waals surface area (Å²) in [4.78, 5) is 40.7. The van der Waals surface area contributed by atoms with E-state index in [0.29, 0.717) is 24.0 Å². The molecule has 1 aromatic heterocycles. The fourth-order valence-electron chi connectivity index (χ4n) is 3.01. The highest BCUT2D eigenvalue weighted by molar-refractivity contribution is 5.95. The molecule has 0 bridgehead atoms. The zero-order chi connectivity index (χ0) is 17.8. The van der Waals surface area contributed by atoms with Gasteiger partial charge in [-0.2, -0.15) is 0 Å². The Morgan fingerprint density at radius 1 is 1.28 bits per heavy atom. The number of hydrogen-bond acceptors (Lipinski definition) is 5. The van der Waals surface area contributed by atoms with E-state index in [0.717, 1.165) is 31.5 Å². The van der Waals surface area contributed by atoms with Crippen molar-refractivity contribution in [2.75, 3.05) is 13.2 Å². The van der Waals surface area contributed by atoms with Gasteiger partial charge in [0.2, 0.25) is 0 Å². The van der Waals surface area contributed by atoms with Gasteiger partial charge in [-0.25, -0.2) is 9.78 Å². The van der Waals surface area contributed by atoms with E-state index in [1.807, 2.05) is 0 Å². The molecule has 25 heavy (non-hydrogen) atoms. The second kappa shape index (κ2) is 7.46. The number of nitrogens with one attached hydrogen (secondary N) is 1. The summed E-state index contributed by atoms with van der Waals surface area (Å²) >= 11 is 0. The number of aryl methyl sites for hydroxylation is 1. The quantitative estimate of drug-likeness (QED) is 0.848. The first-order valence-electron chi connectivity index (χ1n) is 8.57. The van der Waals surface area contributed by atoms with E-state index in [2.05, 4.69) is 10.3 Å². The monoisotopic (exact) mass is 343 g/mol. The topological polar surface area (TPSA) is 90.3 Å². The number of nitrogens with zero attached hydrogens (tertiary/aromatic N) is 2. The Balaban J connectivity index is 1.88. The van der Waals surface area contributed by atoms with Gasteiger partial charge in [0, 0.05) is 19.5 Å². The minimum absolute atomic E-state index is 0.0656. The Hall–Kier alpha value is -2.70. The third-order valence-corrected chi connectivity index (χ3v) is 4.26. The molecule has 2 aromatic rings. The summed E-state index contributed by atoms with van der Waals surface area (Å²) in [6, 6.07) is 4.70. The zero-order valence-electron chi connectivity index (χ0n) is 14.2. The maximum atomic E-state index is 12.6. The van der Waals surface area contributed by atoms with E-state index >= 15 is 0 Å². The van der Waals surface area contributed by atoms with Crippen LogP contribution in [0.1, 0.15) is 42.4 Å². The van der Waals surface area contributed by atoms with Crippen molar-refractivity contribution in [1.29, 1.82) is 0 Å². The van der Waals surface area contributed by atoms with Gasteiger partial charge in [-0.15, -0.1) is 0 Å². The predicted molar refractivity (Wildman–Crippen MR) is 92.5 cm³/mol. The van der Waals surface area contributed by atoms with Gasteiger partial charge in [-0.1, -0.05) is 6.42 Å². The molecule has 7 heteroatoms. The van der Waals surface area contributed by atoms with Crippen molar-refractivity contribution in [3.05, 3.63) is 39.9 Å². The molecule has 2 heterocycles. The second-order valence-corrected chi connectivity index (χ2v) is 6.06.